The Labute approximate surface area is 151 Å². The maximum Gasteiger partial charge on any atom is 0.387 e. The highest BCUT2D eigenvalue weighted by molar-refractivity contribution is 5.99. The molecule has 0 spiro atoms. The first-order valence-electron chi connectivity index (χ1n) is 7.81. The second-order valence-corrected chi connectivity index (χ2v) is 5.50. The molecule has 1 N–H and O–H groups in total. The van der Waals surface area contributed by atoms with Crippen LogP contribution in [0.15, 0.2) is 59.4 Å². The van der Waals surface area contributed by atoms with Crippen LogP contribution < -0.4 is 10.2 Å². The fourth-order valence-corrected chi connectivity index (χ4v) is 2.42. The number of Topliss-reactive ketones (excluding diaryl/α,β-unsaturated/α-hetero) is 1. The minimum absolute atomic E-state index is 0.0767. The van der Waals surface area contributed by atoms with Gasteiger partial charge in [0.25, 0.3) is 0 Å². The van der Waals surface area contributed by atoms with Crippen LogP contribution in [-0.4, -0.2) is 30.0 Å². The summed E-state index contributed by atoms with van der Waals surface area (Å²) in [5.74, 6) is -1.48. The molecular weight excluding hydrogens is 360 g/mol. The highest BCUT2D eigenvalue weighted by Gasteiger charge is 2.14. The second-order valence-electron chi connectivity index (χ2n) is 5.50. The monoisotopic (exact) mass is 373 g/mol. The van der Waals surface area contributed by atoms with Crippen LogP contribution in [0.2, 0.25) is 0 Å². The summed E-state index contributed by atoms with van der Waals surface area (Å²) in [4.78, 5) is 39.0. The third-order valence-corrected chi connectivity index (χ3v) is 3.69. The van der Waals surface area contributed by atoms with Gasteiger partial charge < -0.3 is 14.5 Å². The van der Waals surface area contributed by atoms with E-state index in [-0.39, 0.29) is 22.4 Å². The third kappa shape index (κ3) is 4.35. The van der Waals surface area contributed by atoms with E-state index in [1.54, 1.807) is 24.3 Å². The zero-order valence-electron chi connectivity index (χ0n) is 13.8. The van der Waals surface area contributed by atoms with Crippen LogP contribution in [0.5, 0.6) is 5.75 Å². The average Bonchev–Trinajstić information content (AvgIpc) is 2.66. The zero-order valence-corrected chi connectivity index (χ0v) is 13.8. The molecule has 27 heavy (non-hydrogen) atoms. The number of carbonyl (C=O) groups excluding carboxylic acids is 2. The first kappa shape index (κ1) is 18.2. The van der Waals surface area contributed by atoms with E-state index in [4.69, 9.17) is 4.74 Å². The molecule has 0 aliphatic carbocycles. The smallest absolute Gasteiger partial charge is 0.387 e. The lowest BCUT2D eigenvalue weighted by Gasteiger charge is -2.07. The molecule has 0 aliphatic rings. The molecule has 2 aromatic carbocycles. The lowest BCUT2D eigenvalue weighted by atomic mass is 10.1. The molecule has 0 saturated carbocycles. The molecule has 0 amide bonds. The van der Waals surface area contributed by atoms with Crippen molar-refractivity contribution in [3.8, 4) is 5.75 Å². The number of benzene rings is 2. The number of nitrogens with one attached hydrogen (secondary N) is 1. The molecule has 138 valence electrons. The number of aromatic nitrogens is 1. The molecule has 0 saturated heterocycles. The van der Waals surface area contributed by atoms with Crippen molar-refractivity contribution in [1.82, 2.24) is 4.98 Å². The fourth-order valence-electron chi connectivity index (χ4n) is 2.42. The van der Waals surface area contributed by atoms with E-state index < -0.39 is 25.0 Å². The van der Waals surface area contributed by atoms with E-state index in [1.165, 1.54) is 24.3 Å². The first-order valence-corrected chi connectivity index (χ1v) is 7.81. The molecule has 3 rings (SSSR count). The number of hydrogen-bond acceptors (Lipinski definition) is 5. The topological polar surface area (TPSA) is 85.5 Å². The Bertz CT molecular complexity index is 1040. The lowest BCUT2D eigenvalue weighted by Crippen LogP contribution is -2.17. The Morgan fingerprint density at radius 1 is 1.04 bits per heavy atom. The number of pyridine rings is 1. The molecule has 0 atom stereocenters. The van der Waals surface area contributed by atoms with Gasteiger partial charge >= 0.3 is 12.6 Å². The van der Waals surface area contributed by atoms with Crippen LogP contribution in [0, 0.1) is 0 Å². The van der Waals surface area contributed by atoms with Crippen molar-refractivity contribution in [1.29, 1.82) is 0 Å². The van der Waals surface area contributed by atoms with Crippen LogP contribution in [0.4, 0.5) is 8.78 Å². The van der Waals surface area contributed by atoms with Crippen LogP contribution in [0.3, 0.4) is 0 Å². The number of aromatic amines is 1. The minimum Gasteiger partial charge on any atom is -0.453 e. The summed E-state index contributed by atoms with van der Waals surface area (Å²) in [5.41, 5.74) is 0.207. The predicted molar refractivity (Wildman–Crippen MR) is 92.3 cm³/mol. The highest BCUT2D eigenvalue weighted by atomic mass is 19.3. The van der Waals surface area contributed by atoms with Crippen molar-refractivity contribution in [2.45, 2.75) is 6.61 Å². The van der Waals surface area contributed by atoms with E-state index >= 15 is 0 Å². The maximum absolute atomic E-state index is 12.1. The van der Waals surface area contributed by atoms with Gasteiger partial charge in [-0.05, 0) is 36.4 Å². The SMILES string of the molecule is O=C(COC(=O)c1cc(=O)c2ccccc2[nH]1)c1ccc(OC(F)F)cc1. The molecule has 6 nitrogen and oxygen atoms in total. The van der Waals surface area contributed by atoms with Crippen molar-refractivity contribution in [3.05, 3.63) is 76.1 Å². The standard InChI is InChI=1S/C19H13F2NO5/c20-19(21)27-12-7-5-11(6-8-12)17(24)10-26-18(25)15-9-16(23)13-3-1-2-4-14(13)22-15/h1-9,19H,10H2,(H,22,23). The number of alkyl halides is 2. The molecule has 3 aromatic rings. The first-order chi connectivity index (χ1) is 12.9. The normalized spacial score (nSPS) is 10.8. The Morgan fingerprint density at radius 2 is 1.74 bits per heavy atom. The molecule has 0 aliphatic heterocycles. The number of rotatable bonds is 6. The van der Waals surface area contributed by atoms with E-state index in [1.807, 2.05) is 0 Å². The summed E-state index contributed by atoms with van der Waals surface area (Å²) in [6, 6.07) is 12.8. The van der Waals surface area contributed by atoms with Gasteiger partial charge in [-0.3, -0.25) is 9.59 Å². The van der Waals surface area contributed by atoms with Crippen molar-refractivity contribution in [2.24, 2.45) is 0 Å². The van der Waals surface area contributed by atoms with Gasteiger partial charge in [0.1, 0.15) is 11.4 Å². The van der Waals surface area contributed by atoms with Gasteiger partial charge in [-0.15, -0.1) is 0 Å². The summed E-state index contributed by atoms with van der Waals surface area (Å²) in [7, 11) is 0. The highest BCUT2D eigenvalue weighted by Crippen LogP contribution is 2.15. The van der Waals surface area contributed by atoms with Crippen LogP contribution >= 0.6 is 0 Å². The zero-order chi connectivity index (χ0) is 19.4. The van der Waals surface area contributed by atoms with Crippen molar-refractivity contribution in [3.63, 3.8) is 0 Å². The lowest BCUT2D eigenvalue weighted by molar-refractivity contribution is -0.0498. The van der Waals surface area contributed by atoms with Crippen LogP contribution in [0.1, 0.15) is 20.8 Å². The number of esters is 1. The van der Waals surface area contributed by atoms with Gasteiger partial charge in [-0.25, -0.2) is 4.79 Å². The molecule has 1 aromatic heterocycles. The maximum atomic E-state index is 12.1. The third-order valence-electron chi connectivity index (χ3n) is 3.69. The quantitative estimate of drug-likeness (QED) is 0.530. The summed E-state index contributed by atoms with van der Waals surface area (Å²) >= 11 is 0. The summed E-state index contributed by atoms with van der Waals surface area (Å²) < 4.78 is 33.3. The molecule has 0 radical (unpaired) electrons. The Balaban J connectivity index is 1.66. The number of ether oxygens (including phenoxy) is 2. The Kier molecular flexibility index (Phi) is 5.25. The second kappa shape index (κ2) is 7.77. The number of halogens is 2. The molecule has 1 heterocycles. The van der Waals surface area contributed by atoms with Crippen LogP contribution in [-0.2, 0) is 4.74 Å². The van der Waals surface area contributed by atoms with Crippen molar-refractivity contribution < 1.29 is 27.8 Å². The molecule has 8 heteroatoms. The van der Waals surface area contributed by atoms with Gasteiger partial charge in [-0.1, -0.05) is 12.1 Å². The number of fused-ring (bicyclic) bond motifs is 1. The van der Waals surface area contributed by atoms with E-state index in [9.17, 15) is 23.2 Å². The van der Waals surface area contributed by atoms with E-state index in [0.29, 0.717) is 10.9 Å². The summed E-state index contributed by atoms with van der Waals surface area (Å²) in [5, 5.41) is 0.427. The average molecular weight is 373 g/mol. The van der Waals surface area contributed by atoms with Gasteiger partial charge in [0.15, 0.2) is 17.8 Å². The van der Waals surface area contributed by atoms with Crippen LogP contribution in [0.25, 0.3) is 10.9 Å². The number of ketones is 1. The fraction of sp³-hybridized carbons (Fsp3) is 0.105. The Morgan fingerprint density at radius 3 is 2.44 bits per heavy atom. The van der Waals surface area contributed by atoms with Crippen molar-refractivity contribution >= 4 is 22.7 Å². The number of para-hydroxylation sites is 1. The van der Waals surface area contributed by atoms with Gasteiger partial charge in [0.2, 0.25) is 0 Å². The summed E-state index contributed by atoms with van der Waals surface area (Å²) in [6.45, 7) is -3.53. The molecule has 0 fully saturated rings. The summed E-state index contributed by atoms with van der Waals surface area (Å²) in [6.07, 6.45) is 0. The Hall–Kier alpha value is -3.55. The number of H-pyrrole nitrogens is 1. The van der Waals surface area contributed by atoms with Gasteiger partial charge in [0, 0.05) is 22.5 Å². The van der Waals surface area contributed by atoms with Crippen molar-refractivity contribution in [2.75, 3.05) is 6.61 Å². The minimum atomic E-state index is -2.96. The van der Waals surface area contributed by atoms with E-state index in [2.05, 4.69) is 9.72 Å². The number of hydrogen-bond donors (Lipinski definition) is 1. The van der Waals surface area contributed by atoms with Gasteiger partial charge in [-0.2, -0.15) is 8.78 Å². The molecule has 0 bridgehead atoms. The predicted octanol–water partition coefficient (Wildman–Crippen LogP) is 3.17. The number of carbonyl (C=O) groups is 2. The molecular formula is C19H13F2NO5. The largest absolute Gasteiger partial charge is 0.453 e. The van der Waals surface area contributed by atoms with E-state index in [0.717, 1.165) is 6.07 Å². The molecule has 0 unspecified atom stereocenters. The van der Waals surface area contributed by atoms with Gasteiger partial charge in [0.05, 0.1) is 0 Å².